The van der Waals surface area contributed by atoms with Crippen LogP contribution in [0.1, 0.15) is 47.9 Å². The molecule has 57 heavy (non-hydrogen) atoms. The molecule has 4 aromatic carbocycles. The summed E-state index contributed by atoms with van der Waals surface area (Å²) in [4.78, 5) is 53.9. The Hall–Kier alpha value is -5.82. The molecule has 0 fully saturated rings. The number of hydrogen-bond donors (Lipinski definition) is 6. The average Bonchev–Trinajstić information content (AvgIpc) is 4.00. The van der Waals surface area contributed by atoms with Crippen molar-refractivity contribution in [3.63, 3.8) is 0 Å². The number of hydrogen-bond acceptors (Lipinski definition) is 6. The van der Waals surface area contributed by atoms with Crippen molar-refractivity contribution in [3.8, 4) is 0 Å². The Kier molecular flexibility index (Phi) is 17.0. The Balaban J connectivity index is 0.000000167. The average molecular weight is 795 g/mol. The fourth-order valence-corrected chi connectivity index (χ4v) is 6.31. The number of carboxylic acid groups (broad SMARTS) is 4. The first-order valence-electron chi connectivity index (χ1n) is 18.1. The van der Waals surface area contributed by atoms with E-state index in [-0.39, 0.29) is 63.4 Å². The van der Waals surface area contributed by atoms with Crippen molar-refractivity contribution in [3.05, 3.63) is 144 Å². The number of fused-ring (bicyclic) bond motifs is 4. The summed E-state index contributed by atoms with van der Waals surface area (Å²) in [5.41, 5.74) is 8.42. The third-order valence-corrected chi connectivity index (χ3v) is 9.11. The minimum Gasteiger partial charge on any atom is -0.550 e. The van der Waals surface area contributed by atoms with Crippen molar-refractivity contribution >= 4 is 105 Å². The molecule has 0 aliphatic rings. The molecule has 0 unspecified atom stereocenters. The molecule has 4 heterocycles. The van der Waals surface area contributed by atoms with Crippen LogP contribution in [-0.2, 0) is 44.9 Å². The van der Waals surface area contributed by atoms with Gasteiger partial charge in [-0.15, -0.1) is 0 Å². The number of aryl methyl sites for hydroxylation is 4. The number of carboxylic acids is 4. The van der Waals surface area contributed by atoms with Crippen LogP contribution >= 0.6 is 0 Å². The second-order valence-electron chi connectivity index (χ2n) is 13.0. The first kappa shape index (κ1) is 43.9. The van der Waals surface area contributed by atoms with Crippen LogP contribution in [0.25, 0.3) is 43.6 Å². The maximum absolute atomic E-state index is 10.4. The number of aromatic nitrogens is 4. The monoisotopic (exact) mass is 794 g/mol. The van der Waals surface area contributed by atoms with Crippen LogP contribution in [0.3, 0.4) is 0 Å². The van der Waals surface area contributed by atoms with E-state index in [9.17, 15) is 29.4 Å². The minimum atomic E-state index is -1.00. The van der Waals surface area contributed by atoms with Gasteiger partial charge in [0, 0.05) is 93.2 Å². The number of aromatic amines is 4. The molecule has 288 valence electrons. The van der Waals surface area contributed by atoms with E-state index < -0.39 is 23.9 Å². The molecule has 0 aliphatic carbocycles. The van der Waals surface area contributed by atoms with Crippen LogP contribution in [0.4, 0.5) is 0 Å². The van der Waals surface area contributed by atoms with Gasteiger partial charge in [0.1, 0.15) is 0 Å². The van der Waals surface area contributed by atoms with Gasteiger partial charge < -0.3 is 50.0 Å². The fourth-order valence-electron chi connectivity index (χ4n) is 6.31. The van der Waals surface area contributed by atoms with E-state index in [4.69, 9.17) is 10.2 Å². The van der Waals surface area contributed by atoms with E-state index in [2.05, 4.69) is 19.9 Å². The third-order valence-electron chi connectivity index (χ3n) is 9.11. The van der Waals surface area contributed by atoms with Gasteiger partial charge in [0.2, 0.25) is 0 Å². The van der Waals surface area contributed by atoms with Crippen molar-refractivity contribution in [2.45, 2.75) is 51.4 Å². The van der Waals surface area contributed by atoms with Crippen molar-refractivity contribution < 1.29 is 39.6 Å². The quantitative estimate of drug-likeness (QED) is 0.0843. The van der Waals surface area contributed by atoms with Crippen LogP contribution in [-0.4, -0.2) is 91.8 Å². The standard InChI is InChI=1S/4C11H11NO2.Ca/c4*13-11(14)6-5-8-7-12-10-4-2-1-3-9(8)10;/h4*1-4,7,12H,5-6H2,(H,13,14);/q;;;;+2/p-2. The van der Waals surface area contributed by atoms with Crippen molar-refractivity contribution in [2.75, 3.05) is 0 Å². The van der Waals surface area contributed by atoms with Crippen LogP contribution in [0.15, 0.2) is 122 Å². The fraction of sp³-hybridized carbons (Fsp3) is 0.182. The predicted molar refractivity (Wildman–Crippen MR) is 218 cm³/mol. The summed E-state index contributed by atoms with van der Waals surface area (Å²) in [5.74, 6) is -3.52. The molecule has 8 rings (SSSR count). The van der Waals surface area contributed by atoms with Gasteiger partial charge in [0.15, 0.2) is 0 Å². The molecular formula is C44H42CaN4O8. The van der Waals surface area contributed by atoms with Gasteiger partial charge in [-0.1, -0.05) is 72.8 Å². The molecule has 8 aromatic rings. The van der Waals surface area contributed by atoms with Gasteiger partial charge in [0.25, 0.3) is 0 Å². The molecule has 0 bridgehead atoms. The molecule has 0 amide bonds. The molecule has 0 aliphatic heterocycles. The molecule has 0 saturated carbocycles. The molecule has 0 saturated heterocycles. The number of H-pyrrole nitrogens is 4. The summed E-state index contributed by atoms with van der Waals surface area (Å²) in [6.45, 7) is 0. The van der Waals surface area contributed by atoms with Gasteiger partial charge >= 0.3 is 49.7 Å². The second-order valence-corrected chi connectivity index (χ2v) is 13.0. The zero-order chi connectivity index (χ0) is 39.9. The summed E-state index contributed by atoms with van der Waals surface area (Å²) in [7, 11) is 0. The summed E-state index contributed by atoms with van der Waals surface area (Å²) >= 11 is 0. The number of aliphatic carboxylic acids is 4. The first-order valence-corrected chi connectivity index (χ1v) is 18.1. The van der Waals surface area contributed by atoms with Crippen LogP contribution in [0, 0.1) is 0 Å². The number of benzene rings is 4. The van der Waals surface area contributed by atoms with Gasteiger partial charge in [-0.25, -0.2) is 0 Å². The Bertz CT molecular complexity index is 2200. The summed E-state index contributed by atoms with van der Waals surface area (Å²) in [6.07, 6.45) is 10.2. The number of para-hydroxylation sites is 4. The first-order chi connectivity index (χ1) is 27.1. The zero-order valence-electron chi connectivity index (χ0n) is 31.3. The molecule has 13 heteroatoms. The van der Waals surface area contributed by atoms with Crippen molar-refractivity contribution in [1.29, 1.82) is 0 Å². The van der Waals surface area contributed by atoms with Gasteiger partial charge in [-0.2, -0.15) is 0 Å². The topological polar surface area (TPSA) is 218 Å². The summed E-state index contributed by atoms with van der Waals surface area (Å²) in [5, 5.41) is 42.2. The van der Waals surface area contributed by atoms with Crippen molar-refractivity contribution in [2.24, 2.45) is 0 Å². The van der Waals surface area contributed by atoms with Crippen LogP contribution in [0.5, 0.6) is 0 Å². The SMILES string of the molecule is O=C(O)CCc1c[nH]c2ccccc12.O=C(O)CCc1c[nH]c2ccccc12.O=C([O-])CCc1c[nH]c2ccccc12.O=C([O-])CCc1c[nH]c2ccccc12.[Ca+2]. The third kappa shape index (κ3) is 13.1. The Morgan fingerprint density at radius 1 is 0.404 bits per heavy atom. The number of rotatable bonds is 12. The Morgan fingerprint density at radius 2 is 0.632 bits per heavy atom. The molecule has 6 N–H and O–H groups in total. The Morgan fingerprint density at radius 3 is 0.860 bits per heavy atom. The zero-order valence-corrected chi connectivity index (χ0v) is 33.5. The molecule has 4 aromatic heterocycles. The van der Waals surface area contributed by atoms with E-state index in [1.807, 2.05) is 122 Å². The molecule has 0 spiro atoms. The maximum Gasteiger partial charge on any atom is 2.00 e. The number of nitrogens with one attached hydrogen (secondary N) is 4. The molecule has 0 atom stereocenters. The molecular weight excluding hydrogens is 753 g/mol. The van der Waals surface area contributed by atoms with E-state index in [0.717, 1.165) is 65.9 Å². The summed E-state index contributed by atoms with van der Waals surface area (Å²) in [6, 6.07) is 31.5. The molecule has 12 nitrogen and oxygen atoms in total. The van der Waals surface area contributed by atoms with Crippen LogP contribution in [0.2, 0.25) is 0 Å². The summed E-state index contributed by atoms with van der Waals surface area (Å²) < 4.78 is 0. The number of carbonyl (C=O) groups is 4. The van der Waals surface area contributed by atoms with Crippen molar-refractivity contribution in [1.82, 2.24) is 19.9 Å². The maximum atomic E-state index is 10.4. The largest absolute Gasteiger partial charge is 2.00 e. The van der Waals surface area contributed by atoms with E-state index in [0.29, 0.717) is 25.7 Å². The van der Waals surface area contributed by atoms with Gasteiger partial charge in [0.05, 0.1) is 0 Å². The Labute approximate surface area is 358 Å². The van der Waals surface area contributed by atoms with Gasteiger partial charge in [-0.05, 0) is 85.0 Å². The van der Waals surface area contributed by atoms with E-state index in [1.54, 1.807) is 0 Å². The van der Waals surface area contributed by atoms with E-state index >= 15 is 0 Å². The smallest absolute Gasteiger partial charge is 0.550 e. The van der Waals surface area contributed by atoms with E-state index in [1.165, 1.54) is 0 Å². The van der Waals surface area contributed by atoms with Gasteiger partial charge in [-0.3, -0.25) is 9.59 Å². The number of carbonyl (C=O) groups excluding carboxylic acids is 2. The minimum absolute atomic E-state index is 0. The molecule has 0 radical (unpaired) electrons. The second kappa shape index (κ2) is 22.1. The predicted octanol–water partition coefficient (Wildman–Crippen LogP) is 5.69. The normalized spacial score (nSPS) is 10.4. The van der Waals surface area contributed by atoms with Crippen LogP contribution < -0.4 is 10.2 Å².